The maximum atomic E-state index is 12.7. The van der Waals surface area contributed by atoms with E-state index in [9.17, 15) is 9.59 Å². The van der Waals surface area contributed by atoms with E-state index < -0.39 is 0 Å². The van der Waals surface area contributed by atoms with Gasteiger partial charge in [0.25, 0.3) is 0 Å². The number of hydrogen-bond donors (Lipinski definition) is 0. The zero-order chi connectivity index (χ0) is 16.9. The molecule has 132 valence electrons. The maximum absolute atomic E-state index is 12.7. The van der Waals surface area contributed by atoms with E-state index in [1.54, 1.807) is 16.2 Å². The maximum Gasteiger partial charge on any atom is 0.242 e. The first-order valence-electron chi connectivity index (χ1n) is 9.17. The molecular weight excluding hydrogens is 322 g/mol. The van der Waals surface area contributed by atoms with E-state index in [1.165, 1.54) is 0 Å². The smallest absolute Gasteiger partial charge is 0.242 e. The zero-order valence-electron chi connectivity index (χ0n) is 14.5. The van der Waals surface area contributed by atoms with Gasteiger partial charge in [0.2, 0.25) is 11.8 Å². The number of amides is 2. The molecule has 2 amide bonds. The van der Waals surface area contributed by atoms with Gasteiger partial charge in [-0.3, -0.25) is 9.59 Å². The van der Waals surface area contributed by atoms with E-state index in [0.717, 1.165) is 68.9 Å². The molecule has 2 saturated heterocycles. The minimum absolute atomic E-state index is 0.0993. The average molecular weight is 350 g/mol. The van der Waals surface area contributed by atoms with E-state index in [2.05, 4.69) is 12.3 Å². The highest BCUT2D eigenvalue weighted by molar-refractivity contribution is 7.09. The second-order valence-corrected chi connectivity index (χ2v) is 7.73. The van der Waals surface area contributed by atoms with E-state index >= 15 is 0 Å². The Labute approximate surface area is 148 Å². The Kier molecular flexibility index (Phi) is 5.87. The molecule has 0 unspecified atom stereocenters. The molecule has 0 spiro atoms. The van der Waals surface area contributed by atoms with Crippen molar-refractivity contribution in [2.45, 2.75) is 57.8 Å². The molecule has 0 radical (unpaired) electrons. The van der Waals surface area contributed by atoms with Gasteiger partial charge in [-0.15, -0.1) is 11.3 Å². The highest BCUT2D eigenvalue weighted by Gasteiger charge is 2.28. The summed E-state index contributed by atoms with van der Waals surface area (Å²) in [7, 11) is 0. The molecule has 24 heavy (non-hydrogen) atoms. The molecule has 2 fully saturated rings. The van der Waals surface area contributed by atoms with Gasteiger partial charge < -0.3 is 9.80 Å². The van der Waals surface area contributed by atoms with Crippen LogP contribution in [0.15, 0.2) is 5.38 Å². The van der Waals surface area contributed by atoms with Crippen molar-refractivity contribution in [2.75, 3.05) is 26.2 Å². The van der Waals surface area contributed by atoms with Crippen molar-refractivity contribution < 1.29 is 9.59 Å². The van der Waals surface area contributed by atoms with Gasteiger partial charge in [-0.1, -0.05) is 13.3 Å². The van der Waals surface area contributed by atoms with E-state index in [0.29, 0.717) is 12.3 Å². The molecule has 2 aliphatic heterocycles. The van der Waals surface area contributed by atoms with Crippen LogP contribution in [0.4, 0.5) is 0 Å². The van der Waals surface area contributed by atoms with Crippen LogP contribution in [0.1, 0.15) is 62.1 Å². The lowest BCUT2D eigenvalue weighted by Crippen LogP contribution is -2.46. The second kappa shape index (κ2) is 8.10. The Bertz CT molecular complexity index is 587. The highest BCUT2D eigenvalue weighted by Crippen LogP contribution is 2.29. The molecule has 2 aliphatic rings. The summed E-state index contributed by atoms with van der Waals surface area (Å²) >= 11 is 1.72. The second-order valence-electron chi connectivity index (χ2n) is 6.84. The molecule has 0 N–H and O–H groups in total. The normalized spacial score (nSPS) is 22.5. The topological polar surface area (TPSA) is 53.5 Å². The van der Waals surface area contributed by atoms with Gasteiger partial charge in [0.05, 0.1) is 17.2 Å². The first-order chi connectivity index (χ1) is 11.7. The van der Waals surface area contributed by atoms with Crippen molar-refractivity contribution >= 4 is 23.2 Å². The quantitative estimate of drug-likeness (QED) is 0.840. The first-order valence-corrected chi connectivity index (χ1v) is 10.0. The van der Waals surface area contributed by atoms with Gasteiger partial charge in [0, 0.05) is 37.4 Å². The Morgan fingerprint density at radius 2 is 2.17 bits per heavy atom. The van der Waals surface area contributed by atoms with Crippen LogP contribution in [0.5, 0.6) is 0 Å². The van der Waals surface area contributed by atoms with E-state index in [4.69, 9.17) is 4.98 Å². The van der Waals surface area contributed by atoms with Crippen LogP contribution in [0.2, 0.25) is 0 Å². The number of carbonyl (C=O) groups excluding carboxylic acids is 2. The van der Waals surface area contributed by atoms with Crippen molar-refractivity contribution in [3.05, 3.63) is 16.1 Å². The third kappa shape index (κ3) is 4.15. The number of likely N-dealkylation sites (tertiary alicyclic amines) is 2. The molecule has 1 atom stereocenters. The Morgan fingerprint density at radius 3 is 2.96 bits per heavy atom. The molecule has 0 saturated carbocycles. The molecule has 0 aromatic carbocycles. The van der Waals surface area contributed by atoms with Crippen molar-refractivity contribution in [3.63, 3.8) is 0 Å². The van der Waals surface area contributed by atoms with Crippen molar-refractivity contribution in [2.24, 2.45) is 0 Å². The third-order valence-electron chi connectivity index (χ3n) is 5.05. The predicted molar refractivity (Wildman–Crippen MR) is 95.1 cm³/mol. The van der Waals surface area contributed by atoms with Crippen LogP contribution < -0.4 is 0 Å². The third-order valence-corrected chi connectivity index (χ3v) is 6.11. The Morgan fingerprint density at radius 1 is 1.29 bits per heavy atom. The molecule has 3 rings (SSSR count). The van der Waals surface area contributed by atoms with Crippen LogP contribution in [-0.4, -0.2) is 52.8 Å². The first kappa shape index (κ1) is 17.4. The summed E-state index contributed by atoms with van der Waals surface area (Å²) in [5.41, 5.74) is 1.15. The van der Waals surface area contributed by atoms with E-state index in [-0.39, 0.29) is 18.4 Å². The van der Waals surface area contributed by atoms with Gasteiger partial charge in [-0.25, -0.2) is 4.98 Å². The summed E-state index contributed by atoms with van der Waals surface area (Å²) < 4.78 is 0. The standard InChI is InChI=1S/C18H27N3O2S/c1-2-15-13-24-18(19-15)14-7-6-10-20(11-14)17(23)12-21-9-5-3-4-8-16(21)22/h13-14H,2-12H2,1H3/t14-/m1/s1. The molecule has 3 heterocycles. The van der Waals surface area contributed by atoms with E-state index in [1.807, 2.05) is 4.90 Å². The van der Waals surface area contributed by atoms with Gasteiger partial charge in [-0.2, -0.15) is 0 Å². The molecule has 0 aliphatic carbocycles. The molecule has 1 aromatic rings. The van der Waals surface area contributed by atoms with Gasteiger partial charge in [0.1, 0.15) is 0 Å². The number of thiazole rings is 1. The Hall–Kier alpha value is -1.43. The van der Waals surface area contributed by atoms with Gasteiger partial charge in [-0.05, 0) is 32.1 Å². The SMILES string of the molecule is CCc1csc([C@@H]2CCCN(C(=O)CN3CCCCCC3=O)C2)n1. The number of aryl methyl sites for hydroxylation is 1. The summed E-state index contributed by atoms with van der Waals surface area (Å²) in [6, 6.07) is 0. The van der Waals surface area contributed by atoms with Crippen molar-refractivity contribution in [1.82, 2.24) is 14.8 Å². The molecule has 1 aromatic heterocycles. The molecular formula is C18H27N3O2S. The van der Waals surface area contributed by atoms with Crippen LogP contribution >= 0.6 is 11.3 Å². The van der Waals surface area contributed by atoms with Gasteiger partial charge >= 0.3 is 0 Å². The summed E-state index contributed by atoms with van der Waals surface area (Å²) in [4.78, 5) is 33.2. The average Bonchev–Trinajstić information content (AvgIpc) is 3.00. The summed E-state index contributed by atoms with van der Waals surface area (Å²) in [5, 5.41) is 3.29. The Balaban J connectivity index is 1.59. The molecule has 6 heteroatoms. The fourth-order valence-corrected chi connectivity index (χ4v) is 4.58. The lowest BCUT2D eigenvalue weighted by Gasteiger charge is -2.33. The number of piperidine rings is 1. The molecule has 0 bridgehead atoms. The zero-order valence-corrected chi connectivity index (χ0v) is 15.3. The number of carbonyl (C=O) groups is 2. The van der Waals surface area contributed by atoms with Crippen LogP contribution in [-0.2, 0) is 16.0 Å². The predicted octanol–water partition coefficient (Wildman–Crippen LogP) is 2.81. The van der Waals surface area contributed by atoms with Crippen LogP contribution in [0.3, 0.4) is 0 Å². The number of rotatable bonds is 4. The fourth-order valence-electron chi connectivity index (χ4n) is 3.55. The monoisotopic (exact) mass is 349 g/mol. The summed E-state index contributed by atoms with van der Waals surface area (Å²) in [5.74, 6) is 0.594. The van der Waals surface area contributed by atoms with Crippen molar-refractivity contribution in [1.29, 1.82) is 0 Å². The lowest BCUT2D eigenvalue weighted by molar-refractivity contribution is -0.140. The van der Waals surface area contributed by atoms with Crippen molar-refractivity contribution in [3.8, 4) is 0 Å². The fraction of sp³-hybridized carbons (Fsp3) is 0.722. The van der Waals surface area contributed by atoms with Crippen LogP contribution in [0, 0.1) is 0 Å². The highest BCUT2D eigenvalue weighted by atomic mass is 32.1. The lowest BCUT2D eigenvalue weighted by atomic mass is 9.98. The summed E-state index contributed by atoms with van der Waals surface area (Å²) in [6.07, 6.45) is 6.73. The largest absolute Gasteiger partial charge is 0.340 e. The van der Waals surface area contributed by atoms with Crippen LogP contribution in [0.25, 0.3) is 0 Å². The van der Waals surface area contributed by atoms with Gasteiger partial charge in [0.15, 0.2) is 0 Å². The molecule has 5 nitrogen and oxygen atoms in total. The minimum Gasteiger partial charge on any atom is -0.340 e. The number of hydrogen-bond acceptors (Lipinski definition) is 4. The summed E-state index contributed by atoms with van der Waals surface area (Å²) in [6.45, 7) is 4.66. The minimum atomic E-state index is 0.0993. The number of nitrogens with zero attached hydrogens (tertiary/aromatic N) is 3. The number of aromatic nitrogens is 1.